The largest absolute Gasteiger partial charge is 0.366 e. The molecule has 1 aromatic rings. The van der Waals surface area contributed by atoms with Crippen molar-refractivity contribution in [1.29, 1.82) is 5.26 Å². The van der Waals surface area contributed by atoms with Crippen molar-refractivity contribution in [2.45, 2.75) is 25.8 Å². The Labute approximate surface area is 82.1 Å². The number of nitriles is 1. The van der Waals surface area contributed by atoms with Crippen LogP contribution in [0.25, 0.3) is 0 Å². The second kappa shape index (κ2) is 5.02. The fourth-order valence-electron chi connectivity index (χ4n) is 1.09. The molecule has 0 aromatic carbocycles. The van der Waals surface area contributed by atoms with Crippen LogP contribution in [0, 0.1) is 11.3 Å². The van der Waals surface area contributed by atoms with Gasteiger partial charge in [-0.1, -0.05) is 0 Å². The minimum absolute atomic E-state index is 0.422. The van der Waals surface area contributed by atoms with Gasteiger partial charge >= 0.3 is 0 Å². The second-order valence-electron chi connectivity index (χ2n) is 2.97. The van der Waals surface area contributed by atoms with E-state index in [1.54, 1.807) is 10.9 Å². The molecule has 1 rings (SSSR count). The highest BCUT2D eigenvalue weighted by Gasteiger charge is 2.02. The number of nitrogens with two attached hydrogens (primary N) is 1. The number of hydrogen-bond acceptors (Lipinski definition) is 3. The number of carbonyl (C=O) groups is 1. The van der Waals surface area contributed by atoms with Gasteiger partial charge in [-0.05, 0) is 12.8 Å². The summed E-state index contributed by atoms with van der Waals surface area (Å²) in [4.78, 5) is 10.7. The van der Waals surface area contributed by atoms with Crippen LogP contribution < -0.4 is 5.73 Å². The maximum absolute atomic E-state index is 10.7. The van der Waals surface area contributed by atoms with Gasteiger partial charge in [0.05, 0.1) is 17.8 Å². The summed E-state index contributed by atoms with van der Waals surface area (Å²) in [7, 11) is 0. The molecule has 5 nitrogen and oxygen atoms in total. The Balaban J connectivity index is 2.37. The monoisotopic (exact) mass is 192 g/mol. The first kappa shape index (κ1) is 10.3. The van der Waals surface area contributed by atoms with Crippen LogP contribution in [0.2, 0.25) is 0 Å². The zero-order valence-electron chi connectivity index (χ0n) is 7.81. The fraction of sp³-hybridized carbons (Fsp3) is 0.444. The fourth-order valence-corrected chi connectivity index (χ4v) is 1.09. The third-order valence-electron chi connectivity index (χ3n) is 1.84. The third-order valence-corrected chi connectivity index (χ3v) is 1.84. The smallest absolute Gasteiger partial charge is 0.251 e. The van der Waals surface area contributed by atoms with Gasteiger partial charge in [0.1, 0.15) is 0 Å². The standard InChI is InChI=1S/C9H12N4O/c10-4-2-1-3-5-13-7-8(6-12-13)9(11)14/h6-7H,1-3,5H2,(H2,11,14). The Kier molecular flexibility index (Phi) is 3.68. The molecule has 14 heavy (non-hydrogen) atoms. The molecular weight excluding hydrogens is 180 g/mol. The lowest BCUT2D eigenvalue weighted by Crippen LogP contribution is -2.09. The van der Waals surface area contributed by atoms with Gasteiger partial charge in [-0.2, -0.15) is 10.4 Å². The third kappa shape index (κ3) is 2.90. The van der Waals surface area contributed by atoms with Crippen molar-refractivity contribution in [3.63, 3.8) is 0 Å². The minimum atomic E-state index is -0.465. The van der Waals surface area contributed by atoms with Crippen LogP contribution in [-0.2, 0) is 6.54 Å². The van der Waals surface area contributed by atoms with E-state index in [0.29, 0.717) is 12.0 Å². The molecule has 1 heterocycles. The molecule has 5 heteroatoms. The first-order valence-electron chi connectivity index (χ1n) is 4.43. The summed E-state index contributed by atoms with van der Waals surface area (Å²) in [5.41, 5.74) is 5.49. The highest BCUT2D eigenvalue weighted by Crippen LogP contribution is 2.00. The van der Waals surface area contributed by atoms with Gasteiger partial charge in [0.2, 0.25) is 0 Å². The molecule has 2 N–H and O–H groups in total. The van der Waals surface area contributed by atoms with E-state index in [0.717, 1.165) is 19.4 Å². The highest BCUT2D eigenvalue weighted by atomic mass is 16.1. The molecule has 0 radical (unpaired) electrons. The van der Waals surface area contributed by atoms with E-state index in [2.05, 4.69) is 11.2 Å². The normalized spacial score (nSPS) is 9.64. The lowest BCUT2D eigenvalue weighted by atomic mass is 10.2. The van der Waals surface area contributed by atoms with E-state index >= 15 is 0 Å². The summed E-state index contributed by atoms with van der Waals surface area (Å²) in [6, 6.07) is 2.07. The Hall–Kier alpha value is -1.83. The lowest BCUT2D eigenvalue weighted by Gasteiger charge is -1.97. The van der Waals surface area contributed by atoms with Gasteiger partial charge in [-0.25, -0.2) is 0 Å². The number of unbranched alkanes of at least 4 members (excludes halogenated alkanes) is 2. The number of rotatable bonds is 5. The van der Waals surface area contributed by atoms with Gasteiger partial charge in [0.25, 0.3) is 5.91 Å². The molecular formula is C9H12N4O. The van der Waals surface area contributed by atoms with Crippen molar-refractivity contribution in [3.8, 4) is 6.07 Å². The van der Waals surface area contributed by atoms with Crippen LogP contribution in [0.1, 0.15) is 29.6 Å². The van der Waals surface area contributed by atoms with E-state index < -0.39 is 5.91 Å². The van der Waals surface area contributed by atoms with Crippen molar-refractivity contribution >= 4 is 5.91 Å². The van der Waals surface area contributed by atoms with Crippen LogP contribution in [0.3, 0.4) is 0 Å². The van der Waals surface area contributed by atoms with E-state index in [-0.39, 0.29) is 0 Å². The van der Waals surface area contributed by atoms with Gasteiger partial charge in [0, 0.05) is 19.2 Å². The molecule has 0 fully saturated rings. The average molecular weight is 192 g/mol. The predicted molar refractivity (Wildman–Crippen MR) is 50.2 cm³/mol. The van der Waals surface area contributed by atoms with Gasteiger partial charge in [-0.3, -0.25) is 9.48 Å². The summed E-state index contributed by atoms with van der Waals surface area (Å²) in [5, 5.41) is 12.3. The molecule has 0 saturated carbocycles. The van der Waals surface area contributed by atoms with Crippen LogP contribution >= 0.6 is 0 Å². The van der Waals surface area contributed by atoms with Gasteiger partial charge in [-0.15, -0.1) is 0 Å². The Morgan fingerprint density at radius 3 is 3.00 bits per heavy atom. The zero-order valence-corrected chi connectivity index (χ0v) is 7.81. The average Bonchev–Trinajstić information content (AvgIpc) is 2.61. The number of nitrogens with zero attached hydrogens (tertiary/aromatic N) is 3. The predicted octanol–water partition coefficient (Wildman–Crippen LogP) is 0.676. The number of aromatic nitrogens is 2. The Morgan fingerprint density at radius 2 is 2.43 bits per heavy atom. The molecule has 74 valence electrons. The van der Waals surface area contributed by atoms with Gasteiger partial charge < -0.3 is 5.73 Å². The van der Waals surface area contributed by atoms with E-state index in [9.17, 15) is 4.79 Å². The summed E-state index contributed by atoms with van der Waals surface area (Å²) < 4.78 is 1.66. The van der Waals surface area contributed by atoms with E-state index in [4.69, 9.17) is 11.0 Å². The van der Waals surface area contributed by atoms with Crippen molar-refractivity contribution in [2.75, 3.05) is 0 Å². The van der Waals surface area contributed by atoms with Crippen LogP contribution in [-0.4, -0.2) is 15.7 Å². The lowest BCUT2D eigenvalue weighted by molar-refractivity contribution is 0.1000. The van der Waals surface area contributed by atoms with Crippen molar-refractivity contribution in [1.82, 2.24) is 9.78 Å². The highest BCUT2D eigenvalue weighted by molar-refractivity contribution is 5.92. The molecule has 0 atom stereocenters. The number of aryl methyl sites for hydroxylation is 1. The van der Waals surface area contributed by atoms with Gasteiger partial charge in [0.15, 0.2) is 0 Å². The molecule has 0 bridgehead atoms. The van der Waals surface area contributed by atoms with E-state index in [1.807, 2.05) is 0 Å². The molecule has 0 spiro atoms. The maximum atomic E-state index is 10.7. The molecule has 0 saturated heterocycles. The second-order valence-corrected chi connectivity index (χ2v) is 2.97. The number of hydrogen-bond donors (Lipinski definition) is 1. The topological polar surface area (TPSA) is 84.7 Å². The van der Waals surface area contributed by atoms with Crippen molar-refractivity contribution in [2.24, 2.45) is 5.73 Å². The molecule has 1 amide bonds. The Morgan fingerprint density at radius 1 is 1.64 bits per heavy atom. The van der Waals surface area contributed by atoms with E-state index in [1.165, 1.54) is 6.20 Å². The van der Waals surface area contributed by atoms with Crippen molar-refractivity contribution in [3.05, 3.63) is 18.0 Å². The molecule has 0 aliphatic rings. The van der Waals surface area contributed by atoms with Crippen LogP contribution in [0.15, 0.2) is 12.4 Å². The maximum Gasteiger partial charge on any atom is 0.251 e. The quantitative estimate of drug-likeness (QED) is 0.696. The number of amides is 1. The first-order valence-corrected chi connectivity index (χ1v) is 4.43. The Bertz CT molecular complexity index is 350. The summed E-state index contributed by atoms with van der Waals surface area (Å²) in [6.45, 7) is 0.717. The molecule has 1 aromatic heterocycles. The summed E-state index contributed by atoms with van der Waals surface area (Å²) >= 11 is 0. The molecule has 0 aliphatic carbocycles. The number of primary amides is 1. The first-order chi connectivity index (χ1) is 6.74. The minimum Gasteiger partial charge on any atom is -0.366 e. The summed E-state index contributed by atoms with van der Waals surface area (Å²) in [5.74, 6) is -0.465. The summed E-state index contributed by atoms with van der Waals surface area (Å²) in [6.07, 6.45) is 5.36. The molecule has 0 aliphatic heterocycles. The van der Waals surface area contributed by atoms with Crippen molar-refractivity contribution < 1.29 is 4.79 Å². The SMILES string of the molecule is N#CCCCCn1cc(C(N)=O)cn1. The van der Waals surface area contributed by atoms with Crippen LogP contribution in [0.4, 0.5) is 0 Å². The molecule has 0 unspecified atom stereocenters. The van der Waals surface area contributed by atoms with Crippen LogP contribution in [0.5, 0.6) is 0 Å². The number of carbonyl (C=O) groups excluding carboxylic acids is 1. The zero-order chi connectivity index (χ0) is 10.4.